The van der Waals surface area contributed by atoms with Gasteiger partial charge in [0.05, 0.1) is 23.2 Å². The Hall–Kier alpha value is -2.70. The van der Waals surface area contributed by atoms with Crippen LogP contribution in [0.2, 0.25) is 0 Å². The second kappa shape index (κ2) is 4.52. The van der Waals surface area contributed by atoms with Crippen LogP contribution in [0.5, 0.6) is 0 Å². The van der Waals surface area contributed by atoms with Crippen molar-refractivity contribution in [2.75, 3.05) is 7.11 Å². The fourth-order valence-corrected chi connectivity index (χ4v) is 1.74. The Morgan fingerprint density at radius 1 is 1.37 bits per heavy atom. The number of rotatable bonds is 2. The summed E-state index contributed by atoms with van der Waals surface area (Å²) in [6.45, 7) is 1.42. The van der Waals surface area contributed by atoms with Crippen molar-refractivity contribution in [2.45, 2.75) is 6.92 Å². The van der Waals surface area contributed by atoms with E-state index in [9.17, 15) is 19.7 Å². The quantitative estimate of drug-likeness (QED) is 0.348. The van der Waals surface area contributed by atoms with Gasteiger partial charge in [0.2, 0.25) is 0 Å². The van der Waals surface area contributed by atoms with E-state index in [1.807, 2.05) is 0 Å². The van der Waals surface area contributed by atoms with Crippen molar-refractivity contribution in [3.8, 4) is 0 Å². The van der Waals surface area contributed by atoms with Crippen LogP contribution < -0.4 is 0 Å². The molecule has 1 aliphatic heterocycles. The SMILES string of the molecule is COC(=O)/C(C)=C1/OC(=O)c2ccc([N+](=O)[O-])cc21. The number of cyclic esters (lactones) is 1. The number of nitro groups is 1. The molecule has 1 aromatic carbocycles. The van der Waals surface area contributed by atoms with Crippen molar-refractivity contribution in [1.82, 2.24) is 0 Å². The molecule has 0 aromatic heterocycles. The topological polar surface area (TPSA) is 95.7 Å². The number of ether oxygens (including phenoxy) is 2. The number of non-ortho nitro benzene ring substituents is 1. The minimum Gasteiger partial charge on any atom is -0.466 e. The van der Waals surface area contributed by atoms with Crippen molar-refractivity contribution in [3.63, 3.8) is 0 Å². The summed E-state index contributed by atoms with van der Waals surface area (Å²) < 4.78 is 9.50. The first kappa shape index (κ1) is 12.7. The van der Waals surface area contributed by atoms with E-state index in [1.54, 1.807) is 0 Å². The largest absolute Gasteiger partial charge is 0.466 e. The number of carbonyl (C=O) groups excluding carboxylic acids is 2. The first-order valence-corrected chi connectivity index (χ1v) is 5.26. The number of fused-ring (bicyclic) bond motifs is 1. The lowest BCUT2D eigenvalue weighted by molar-refractivity contribution is -0.384. The molecule has 7 heteroatoms. The summed E-state index contributed by atoms with van der Waals surface area (Å²) in [4.78, 5) is 33.2. The molecule has 0 radical (unpaired) electrons. The zero-order chi connectivity index (χ0) is 14.2. The number of nitrogens with zero attached hydrogens (tertiary/aromatic N) is 1. The number of esters is 2. The van der Waals surface area contributed by atoms with E-state index >= 15 is 0 Å². The zero-order valence-electron chi connectivity index (χ0n) is 10.1. The summed E-state index contributed by atoms with van der Waals surface area (Å²) in [5, 5.41) is 10.7. The first-order chi connectivity index (χ1) is 8.95. The standard InChI is InChI=1S/C12H9NO6/c1-6(11(14)18-2)10-9-5-7(13(16)17)3-4-8(9)12(15)19-10/h3-5H,1-2H3/b10-6+. The molecule has 0 bridgehead atoms. The molecule has 2 rings (SSSR count). The van der Waals surface area contributed by atoms with Crippen molar-refractivity contribution >= 4 is 23.4 Å². The molecule has 0 N–H and O–H groups in total. The number of carbonyl (C=O) groups is 2. The van der Waals surface area contributed by atoms with Crippen molar-refractivity contribution < 1.29 is 24.0 Å². The Morgan fingerprint density at radius 2 is 2.05 bits per heavy atom. The van der Waals surface area contributed by atoms with Crippen LogP contribution in [0, 0.1) is 10.1 Å². The Bertz CT molecular complexity index is 631. The molecule has 0 saturated heterocycles. The van der Waals surface area contributed by atoms with Crippen LogP contribution in [0.15, 0.2) is 23.8 Å². The molecule has 0 amide bonds. The van der Waals surface area contributed by atoms with Gasteiger partial charge in [-0.3, -0.25) is 10.1 Å². The normalized spacial score (nSPS) is 15.6. The Labute approximate surface area is 107 Å². The highest BCUT2D eigenvalue weighted by Crippen LogP contribution is 2.34. The van der Waals surface area contributed by atoms with E-state index in [1.165, 1.54) is 32.2 Å². The van der Waals surface area contributed by atoms with Gasteiger partial charge in [-0.05, 0) is 13.0 Å². The van der Waals surface area contributed by atoms with Crippen LogP contribution in [0.3, 0.4) is 0 Å². The molecule has 1 aromatic rings. The molecule has 0 atom stereocenters. The van der Waals surface area contributed by atoms with Crippen LogP contribution >= 0.6 is 0 Å². The summed E-state index contributed by atoms with van der Waals surface area (Å²) in [6, 6.07) is 3.70. The molecule has 0 aliphatic carbocycles. The number of benzene rings is 1. The highest BCUT2D eigenvalue weighted by molar-refractivity contribution is 6.08. The fourth-order valence-electron chi connectivity index (χ4n) is 1.74. The number of nitro benzene ring substituents is 1. The van der Waals surface area contributed by atoms with Gasteiger partial charge in [-0.15, -0.1) is 0 Å². The third kappa shape index (κ3) is 2.05. The molecule has 1 aliphatic rings. The summed E-state index contributed by atoms with van der Waals surface area (Å²) in [7, 11) is 1.19. The van der Waals surface area contributed by atoms with Gasteiger partial charge in [0.25, 0.3) is 5.69 Å². The van der Waals surface area contributed by atoms with Crippen LogP contribution in [-0.2, 0) is 14.3 Å². The number of hydrogen-bond acceptors (Lipinski definition) is 6. The first-order valence-electron chi connectivity index (χ1n) is 5.26. The van der Waals surface area contributed by atoms with Gasteiger partial charge in [-0.25, -0.2) is 9.59 Å². The number of hydrogen-bond donors (Lipinski definition) is 0. The van der Waals surface area contributed by atoms with Gasteiger partial charge in [0.1, 0.15) is 5.76 Å². The zero-order valence-corrected chi connectivity index (χ0v) is 10.1. The number of methoxy groups -OCH3 is 1. The molecule has 0 spiro atoms. The third-order valence-electron chi connectivity index (χ3n) is 2.71. The van der Waals surface area contributed by atoms with Gasteiger partial charge < -0.3 is 9.47 Å². The maximum absolute atomic E-state index is 11.6. The highest BCUT2D eigenvalue weighted by Gasteiger charge is 2.31. The monoisotopic (exact) mass is 263 g/mol. The summed E-state index contributed by atoms with van der Waals surface area (Å²) >= 11 is 0. The predicted molar refractivity (Wildman–Crippen MR) is 63.1 cm³/mol. The van der Waals surface area contributed by atoms with E-state index in [-0.39, 0.29) is 28.1 Å². The van der Waals surface area contributed by atoms with Gasteiger partial charge >= 0.3 is 11.9 Å². The Balaban J connectivity index is 2.62. The lowest BCUT2D eigenvalue weighted by atomic mass is 10.0. The maximum Gasteiger partial charge on any atom is 0.344 e. The lowest BCUT2D eigenvalue weighted by Crippen LogP contribution is -2.04. The summed E-state index contributed by atoms with van der Waals surface area (Å²) in [5.74, 6) is -1.32. The van der Waals surface area contributed by atoms with Gasteiger partial charge in [0.15, 0.2) is 0 Å². The highest BCUT2D eigenvalue weighted by atomic mass is 16.6. The molecular formula is C12H9NO6. The van der Waals surface area contributed by atoms with E-state index in [0.29, 0.717) is 0 Å². The molecule has 0 saturated carbocycles. The molecule has 1 heterocycles. The van der Waals surface area contributed by atoms with Crippen molar-refractivity contribution in [1.29, 1.82) is 0 Å². The van der Waals surface area contributed by atoms with Crippen molar-refractivity contribution in [2.24, 2.45) is 0 Å². The van der Waals surface area contributed by atoms with E-state index in [2.05, 4.69) is 4.74 Å². The van der Waals surface area contributed by atoms with E-state index < -0.39 is 16.9 Å². The van der Waals surface area contributed by atoms with Gasteiger partial charge in [-0.1, -0.05) is 0 Å². The van der Waals surface area contributed by atoms with Crippen molar-refractivity contribution in [3.05, 3.63) is 45.0 Å². The Kier molecular flexibility index (Phi) is 3.04. The minimum atomic E-state index is -0.665. The minimum absolute atomic E-state index is 0.00412. The summed E-state index contributed by atoms with van der Waals surface area (Å²) in [5.41, 5.74) is 0.299. The maximum atomic E-state index is 11.6. The molecular weight excluding hydrogens is 254 g/mol. The van der Waals surface area contributed by atoms with E-state index in [4.69, 9.17) is 4.74 Å². The summed E-state index contributed by atoms with van der Waals surface area (Å²) in [6.07, 6.45) is 0. The molecule has 7 nitrogen and oxygen atoms in total. The smallest absolute Gasteiger partial charge is 0.344 e. The second-order valence-electron chi connectivity index (χ2n) is 3.82. The average molecular weight is 263 g/mol. The Morgan fingerprint density at radius 3 is 2.63 bits per heavy atom. The lowest BCUT2D eigenvalue weighted by Gasteiger charge is -2.03. The molecule has 0 fully saturated rings. The molecule has 0 unspecified atom stereocenters. The third-order valence-corrected chi connectivity index (χ3v) is 2.71. The predicted octanol–water partition coefficient (Wildman–Crippen LogP) is 1.67. The molecule has 98 valence electrons. The van der Waals surface area contributed by atoms with Crippen LogP contribution in [0.4, 0.5) is 5.69 Å². The van der Waals surface area contributed by atoms with E-state index in [0.717, 1.165) is 0 Å². The van der Waals surface area contributed by atoms with Gasteiger partial charge in [0, 0.05) is 17.7 Å². The van der Waals surface area contributed by atoms with Crippen LogP contribution in [-0.4, -0.2) is 24.0 Å². The second-order valence-corrected chi connectivity index (χ2v) is 3.82. The van der Waals surface area contributed by atoms with Crippen LogP contribution in [0.25, 0.3) is 5.76 Å². The molecule has 19 heavy (non-hydrogen) atoms. The average Bonchev–Trinajstić information content (AvgIpc) is 2.73. The van der Waals surface area contributed by atoms with Gasteiger partial charge in [-0.2, -0.15) is 0 Å². The van der Waals surface area contributed by atoms with Crippen LogP contribution in [0.1, 0.15) is 22.8 Å². The fraction of sp³-hybridized carbons (Fsp3) is 0.167.